The van der Waals surface area contributed by atoms with Crippen molar-refractivity contribution in [3.63, 3.8) is 0 Å². The summed E-state index contributed by atoms with van der Waals surface area (Å²) in [4.78, 5) is 0. The van der Waals surface area contributed by atoms with Gasteiger partial charge in [-0.05, 0) is 18.6 Å². The predicted octanol–water partition coefficient (Wildman–Crippen LogP) is 1.78. The van der Waals surface area contributed by atoms with E-state index in [1.165, 1.54) is 0 Å². The molecule has 0 aromatic carbocycles. The Kier molecular flexibility index (Phi) is 4.48. The number of halogens is 3. The second-order valence-corrected chi connectivity index (χ2v) is 3.21. The maximum Gasteiger partial charge on any atom is 0.411 e. The molecule has 0 unspecified atom stereocenters. The summed E-state index contributed by atoms with van der Waals surface area (Å²) in [5, 5.41) is 10.2. The van der Waals surface area contributed by atoms with Crippen LogP contribution in [0.5, 0.6) is 0 Å². The molecule has 4 nitrogen and oxygen atoms in total. The molecule has 1 rings (SSSR count). The highest BCUT2D eigenvalue weighted by Gasteiger charge is 2.27. The van der Waals surface area contributed by atoms with Gasteiger partial charge in [-0.2, -0.15) is 18.3 Å². The number of hydrogen-bond acceptors (Lipinski definition) is 4. The van der Waals surface area contributed by atoms with Crippen molar-refractivity contribution in [2.75, 3.05) is 25.1 Å². The van der Waals surface area contributed by atoms with Crippen LogP contribution in [0.4, 0.5) is 19.0 Å². The molecule has 7 heteroatoms. The molecule has 0 aliphatic heterocycles. The van der Waals surface area contributed by atoms with Gasteiger partial charge in [-0.3, -0.25) is 0 Å². The number of aryl methyl sites for hydroxylation is 1. The molecule has 90 valence electrons. The number of hydrogen-bond donors (Lipinski definition) is 1. The fraction of sp³-hybridized carbons (Fsp3) is 0.556. The summed E-state index contributed by atoms with van der Waals surface area (Å²) in [6.07, 6.45) is -2.69. The summed E-state index contributed by atoms with van der Waals surface area (Å²) in [5.41, 5.74) is 0.925. The van der Waals surface area contributed by atoms with Crippen LogP contribution in [-0.2, 0) is 4.74 Å². The summed E-state index contributed by atoms with van der Waals surface area (Å²) in [7, 11) is 0. The van der Waals surface area contributed by atoms with Crippen LogP contribution in [0.3, 0.4) is 0 Å². The van der Waals surface area contributed by atoms with Crippen LogP contribution in [0.1, 0.15) is 5.56 Å². The minimum absolute atomic E-state index is 0.0326. The predicted molar refractivity (Wildman–Crippen MR) is 52.1 cm³/mol. The van der Waals surface area contributed by atoms with Crippen LogP contribution in [-0.4, -0.2) is 36.1 Å². The normalized spacial score (nSPS) is 11.5. The minimum Gasteiger partial charge on any atom is -0.370 e. The van der Waals surface area contributed by atoms with Crippen LogP contribution in [0, 0.1) is 6.92 Å². The highest BCUT2D eigenvalue weighted by Crippen LogP contribution is 2.14. The molecule has 0 saturated carbocycles. The average molecular weight is 235 g/mol. The van der Waals surface area contributed by atoms with Crippen LogP contribution >= 0.6 is 0 Å². The van der Waals surface area contributed by atoms with Gasteiger partial charge in [0.25, 0.3) is 0 Å². The van der Waals surface area contributed by atoms with Crippen molar-refractivity contribution in [3.8, 4) is 0 Å². The minimum atomic E-state index is -4.27. The van der Waals surface area contributed by atoms with Crippen molar-refractivity contribution >= 4 is 5.82 Å². The maximum atomic E-state index is 11.7. The molecule has 1 N–H and O–H groups in total. The zero-order chi connectivity index (χ0) is 12.0. The van der Waals surface area contributed by atoms with Crippen molar-refractivity contribution in [3.05, 3.63) is 17.8 Å². The van der Waals surface area contributed by atoms with Crippen molar-refractivity contribution < 1.29 is 17.9 Å². The molecule has 16 heavy (non-hydrogen) atoms. The van der Waals surface area contributed by atoms with Gasteiger partial charge in [0.15, 0.2) is 0 Å². The van der Waals surface area contributed by atoms with Crippen LogP contribution in [0.25, 0.3) is 0 Å². The molecular weight excluding hydrogens is 223 g/mol. The second-order valence-electron chi connectivity index (χ2n) is 3.21. The first-order valence-corrected chi connectivity index (χ1v) is 4.65. The Bertz CT molecular complexity index is 330. The topological polar surface area (TPSA) is 47.0 Å². The van der Waals surface area contributed by atoms with E-state index in [0.717, 1.165) is 5.56 Å². The number of alkyl halides is 3. The molecule has 0 fully saturated rings. The molecule has 0 aliphatic carbocycles. The van der Waals surface area contributed by atoms with E-state index in [4.69, 9.17) is 0 Å². The highest BCUT2D eigenvalue weighted by molar-refractivity contribution is 5.34. The Hall–Kier alpha value is -1.37. The van der Waals surface area contributed by atoms with E-state index in [1.54, 1.807) is 12.3 Å². The van der Waals surface area contributed by atoms with E-state index in [9.17, 15) is 13.2 Å². The van der Waals surface area contributed by atoms with E-state index in [-0.39, 0.29) is 13.2 Å². The van der Waals surface area contributed by atoms with Crippen molar-refractivity contribution in [2.24, 2.45) is 0 Å². The zero-order valence-electron chi connectivity index (χ0n) is 8.71. The lowest BCUT2D eigenvalue weighted by Crippen LogP contribution is -2.20. The molecule has 1 heterocycles. The van der Waals surface area contributed by atoms with Crippen LogP contribution in [0.2, 0.25) is 0 Å². The third kappa shape index (κ3) is 5.50. The Labute approximate surface area is 90.8 Å². The van der Waals surface area contributed by atoms with E-state index < -0.39 is 12.8 Å². The summed E-state index contributed by atoms with van der Waals surface area (Å²) < 4.78 is 39.5. The largest absolute Gasteiger partial charge is 0.411 e. The van der Waals surface area contributed by atoms with E-state index in [0.29, 0.717) is 5.82 Å². The van der Waals surface area contributed by atoms with Gasteiger partial charge in [-0.1, -0.05) is 0 Å². The van der Waals surface area contributed by atoms with Gasteiger partial charge >= 0.3 is 6.18 Å². The number of aromatic nitrogens is 2. The molecule has 1 aromatic rings. The third-order valence-corrected chi connectivity index (χ3v) is 1.61. The molecule has 0 amide bonds. The average Bonchev–Trinajstić information content (AvgIpc) is 2.15. The number of ether oxygens (including phenoxy) is 1. The van der Waals surface area contributed by atoms with Gasteiger partial charge in [-0.25, -0.2) is 0 Å². The molecular formula is C9H12F3N3O. The fourth-order valence-corrected chi connectivity index (χ4v) is 0.989. The van der Waals surface area contributed by atoms with E-state index >= 15 is 0 Å². The lowest BCUT2D eigenvalue weighted by molar-refractivity contribution is -0.172. The van der Waals surface area contributed by atoms with Gasteiger partial charge in [0, 0.05) is 6.54 Å². The van der Waals surface area contributed by atoms with Gasteiger partial charge in [0.2, 0.25) is 0 Å². The first kappa shape index (κ1) is 12.7. The van der Waals surface area contributed by atoms with Crippen LogP contribution < -0.4 is 5.32 Å². The van der Waals surface area contributed by atoms with Gasteiger partial charge in [-0.15, -0.1) is 5.10 Å². The summed E-state index contributed by atoms with van der Waals surface area (Å²) >= 11 is 0. The van der Waals surface area contributed by atoms with E-state index in [2.05, 4.69) is 20.3 Å². The van der Waals surface area contributed by atoms with Crippen molar-refractivity contribution in [1.29, 1.82) is 0 Å². The number of anilines is 1. The summed E-state index contributed by atoms with van der Waals surface area (Å²) in [6, 6.07) is 1.75. The number of rotatable bonds is 5. The number of nitrogens with one attached hydrogen (secondary N) is 1. The molecule has 0 bridgehead atoms. The molecule has 0 saturated heterocycles. The SMILES string of the molecule is Cc1cnnc(NCCOCC(F)(F)F)c1. The first-order valence-electron chi connectivity index (χ1n) is 4.65. The van der Waals surface area contributed by atoms with Gasteiger partial charge in [0.05, 0.1) is 12.8 Å². The summed E-state index contributed by atoms with van der Waals surface area (Å²) in [5.74, 6) is 0.524. The Balaban J connectivity index is 2.17. The molecule has 0 aliphatic rings. The molecule has 0 atom stereocenters. The smallest absolute Gasteiger partial charge is 0.370 e. The molecule has 1 aromatic heterocycles. The van der Waals surface area contributed by atoms with Crippen molar-refractivity contribution in [2.45, 2.75) is 13.1 Å². The molecule has 0 spiro atoms. The zero-order valence-corrected chi connectivity index (χ0v) is 8.71. The van der Waals surface area contributed by atoms with Gasteiger partial charge in [0.1, 0.15) is 12.4 Å². The maximum absolute atomic E-state index is 11.7. The standard InChI is InChI=1S/C9H12F3N3O/c1-7-4-8(15-14-5-7)13-2-3-16-6-9(10,11)12/h4-5H,2-3,6H2,1H3,(H,13,15). The first-order chi connectivity index (χ1) is 7.47. The monoisotopic (exact) mass is 235 g/mol. The quantitative estimate of drug-likeness (QED) is 0.790. The Morgan fingerprint density at radius 1 is 1.44 bits per heavy atom. The van der Waals surface area contributed by atoms with E-state index in [1.807, 2.05) is 6.92 Å². The highest BCUT2D eigenvalue weighted by atomic mass is 19.4. The van der Waals surface area contributed by atoms with Gasteiger partial charge < -0.3 is 10.1 Å². The lowest BCUT2D eigenvalue weighted by Gasteiger charge is -2.08. The molecule has 0 radical (unpaired) electrons. The van der Waals surface area contributed by atoms with Crippen molar-refractivity contribution in [1.82, 2.24) is 10.2 Å². The lowest BCUT2D eigenvalue weighted by atomic mass is 10.3. The Morgan fingerprint density at radius 2 is 2.19 bits per heavy atom. The third-order valence-electron chi connectivity index (χ3n) is 1.61. The summed E-state index contributed by atoms with van der Waals surface area (Å²) in [6.45, 7) is 0.845. The number of nitrogens with zero attached hydrogens (tertiary/aromatic N) is 2. The second kappa shape index (κ2) is 5.64. The Morgan fingerprint density at radius 3 is 2.81 bits per heavy atom. The fourth-order valence-electron chi connectivity index (χ4n) is 0.989. The van der Waals surface area contributed by atoms with Crippen LogP contribution in [0.15, 0.2) is 12.3 Å².